The van der Waals surface area contributed by atoms with Gasteiger partial charge in [-0.05, 0) is 6.07 Å². The fourth-order valence-electron chi connectivity index (χ4n) is 1.01. The lowest BCUT2D eigenvalue weighted by atomic mass is 10.2. The highest BCUT2D eigenvalue weighted by molar-refractivity contribution is 5.91. The second-order valence-corrected chi connectivity index (χ2v) is 3.21. The number of aromatic amines is 1. The number of carbonyl (C=O) groups is 2. The van der Waals surface area contributed by atoms with Crippen LogP contribution in [0.4, 0.5) is 0 Å². The van der Waals surface area contributed by atoms with Crippen LogP contribution in [-0.4, -0.2) is 44.9 Å². The molecule has 4 N–H and O–H groups in total. The molecule has 8 nitrogen and oxygen atoms in total. The number of H-pyrrole nitrogens is 1. The number of carboxylic acids is 1. The highest BCUT2D eigenvalue weighted by Crippen LogP contribution is 1.92. The van der Waals surface area contributed by atoms with Crippen LogP contribution >= 0.6 is 0 Å². The molecule has 0 unspecified atom stereocenters. The lowest BCUT2D eigenvalue weighted by molar-refractivity contribution is -0.146. The van der Waals surface area contributed by atoms with E-state index in [2.05, 4.69) is 15.5 Å². The number of rotatable bonds is 5. The molecule has 0 spiro atoms. The maximum absolute atomic E-state index is 11.4. The number of carboxylic acid groups (broad SMARTS) is 1. The predicted octanol–water partition coefficient (Wildman–Crippen LogP) is -1.66. The first-order valence-corrected chi connectivity index (χ1v) is 4.75. The molecule has 1 rings (SSSR count). The molecule has 1 heterocycles. The number of hydrogen-bond donors (Lipinski definition) is 4. The molecule has 0 aromatic carbocycles. The molecule has 0 saturated heterocycles. The second kappa shape index (κ2) is 5.75. The number of nitrogens with zero attached hydrogens (tertiary/aromatic N) is 1. The maximum atomic E-state index is 11.4. The van der Waals surface area contributed by atoms with Crippen LogP contribution in [-0.2, 0) is 4.79 Å². The van der Waals surface area contributed by atoms with E-state index in [9.17, 15) is 14.4 Å². The third-order valence-corrected chi connectivity index (χ3v) is 1.90. The zero-order chi connectivity index (χ0) is 12.8. The summed E-state index contributed by atoms with van der Waals surface area (Å²) in [4.78, 5) is 32.3. The first-order valence-electron chi connectivity index (χ1n) is 4.75. The Hall–Kier alpha value is -2.22. The van der Waals surface area contributed by atoms with Crippen molar-refractivity contribution in [3.05, 3.63) is 28.2 Å². The first-order chi connectivity index (χ1) is 8.00. The van der Waals surface area contributed by atoms with E-state index in [1.165, 1.54) is 6.07 Å². The van der Waals surface area contributed by atoms with Crippen LogP contribution in [0.3, 0.4) is 0 Å². The summed E-state index contributed by atoms with van der Waals surface area (Å²) in [6, 6.07) is 2.38. The van der Waals surface area contributed by atoms with Crippen molar-refractivity contribution in [3.8, 4) is 0 Å². The average molecular weight is 241 g/mol. The fraction of sp³-hybridized carbons (Fsp3) is 0.333. The fourth-order valence-corrected chi connectivity index (χ4v) is 1.01. The summed E-state index contributed by atoms with van der Waals surface area (Å²) in [6.07, 6.45) is -1.62. The zero-order valence-corrected chi connectivity index (χ0v) is 8.71. The van der Waals surface area contributed by atoms with Crippen molar-refractivity contribution < 1.29 is 19.8 Å². The van der Waals surface area contributed by atoms with Gasteiger partial charge in [0.15, 0.2) is 6.10 Å². The smallest absolute Gasteiger partial charge is 0.332 e. The molecule has 0 radical (unpaired) electrons. The molecule has 92 valence electrons. The van der Waals surface area contributed by atoms with Crippen LogP contribution in [0.2, 0.25) is 0 Å². The first kappa shape index (κ1) is 12.8. The summed E-state index contributed by atoms with van der Waals surface area (Å²) in [5.74, 6) is -1.90. The van der Waals surface area contributed by atoms with Crippen LogP contribution in [0.1, 0.15) is 16.9 Å². The van der Waals surface area contributed by atoms with E-state index < -0.39 is 23.5 Å². The van der Waals surface area contributed by atoms with Crippen molar-refractivity contribution in [1.82, 2.24) is 15.5 Å². The van der Waals surface area contributed by atoms with E-state index >= 15 is 0 Å². The summed E-state index contributed by atoms with van der Waals surface area (Å²) in [7, 11) is 0. The molecule has 1 aromatic heterocycles. The van der Waals surface area contributed by atoms with Crippen molar-refractivity contribution in [1.29, 1.82) is 0 Å². The summed E-state index contributed by atoms with van der Waals surface area (Å²) in [5, 5.41) is 25.2. The largest absolute Gasteiger partial charge is 0.479 e. The Balaban J connectivity index is 2.43. The van der Waals surface area contributed by atoms with Gasteiger partial charge in [0.2, 0.25) is 0 Å². The number of hydrogen-bond acceptors (Lipinski definition) is 5. The Labute approximate surface area is 95.3 Å². The minimum Gasteiger partial charge on any atom is -0.479 e. The van der Waals surface area contributed by atoms with Crippen molar-refractivity contribution in [2.75, 3.05) is 6.54 Å². The van der Waals surface area contributed by atoms with Gasteiger partial charge >= 0.3 is 5.97 Å². The van der Waals surface area contributed by atoms with E-state index in [1.807, 2.05) is 0 Å². The minimum absolute atomic E-state index is 0.00684. The molecule has 0 saturated carbocycles. The third-order valence-electron chi connectivity index (χ3n) is 1.90. The van der Waals surface area contributed by atoms with Crippen molar-refractivity contribution in [3.63, 3.8) is 0 Å². The normalized spacial score (nSPS) is 11.8. The molecule has 0 aliphatic carbocycles. The van der Waals surface area contributed by atoms with Gasteiger partial charge < -0.3 is 15.5 Å². The van der Waals surface area contributed by atoms with Gasteiger partial charge in [-0.15, -0.1) is 0 Å². The minimum atomic E-state index is -1.51. The summed E-state index contributed by atoms with van der Waals surface area (Å²) in [5.41, 5.74) is -0.419. The molecule has 0 aliphatic heterocycles. The molecule has 17 heavy (non-hydrogen) atoms. The van der Waals surface area contributed by atoms with E-state index in [0.29, 0.717) is 0 Å². The summed E-state index contributed by atoms with van der Waals surface area (Å²) < 4.78 is 0. The molecule has 0 aliphatic rings. The maximum Gasteiger partial charge on any atom is 0.332 e. The van der Waals surface area contributed by atoms with Gasteiger partial charge in [0, 0.05) is 19.0 Å². The number of aliphatic hydroxyl groups is 1. The predicted molar refractivity (Wildman–Crippen MR) is 55.5 cm³/mol. The molecule has 0 fully saturated rings. The van der Waals surface area contributed by atoms with Gasteiger partial charge in [0.25, 0.3) is 11.5 Å². The van der Waals surface area contributed by atoms with Crippen LogP contribution in [0, 0.1) is 0 Å². The molecule has 1 aromatic rings. The van der Waals surface area contributed by atoms with Gasteiger partial charge in [-0.3, -0.25) is 9.59 Å². The Bertz CT molecular complexity index is 449. The summed E-state index contributed by atoms with van der Waals surface area (Å²) in [6.45, 7) is -0.00684. The van der Waals surface area contributed by atoms with Gasteiger partial charge in [0.05, 0.1) is 0 Å². The molecular formula is C9H11N3O5. The van der Waals surface area contributed by atoms with Gasteiger partial charge in [-0.1, -0.05) is 0 Å². The van der Waals surface area contributed by atoms with Gasteiger partial charge in [-0.2, -0.15) is 5.10 Å². The third kappa shape index (κ3) is 4.03. The van der Waals surface area contributed by atoms with Crippen LogP contribution in [0.25, 0.3) is 0 Å². The van der Waals surface area contributed by atoms with Crippen LogP contribution < -0.4 is 10.9 Å². The average Bonchev–Trinajstić information content (AvgIpc) is 2.29. The molecule has 1 amide bonds. The molecular weight excluding hydrogens is 230 g/mol. The summed E-state index contributed by atoms with van der Waals surface area (Å²) >= 11 is 0. The second-order valence-electron chi connectivity index (χ2n) is 3.21. The molecule has 0 bridgehead atoms. The number of amides is 1. The highest BCUT2D eigenvalue weighted by atomic mass is 16.4. The van der Waals surface area contributed by atoms with E-state index in [-0.39, 0.29) is 18.7 Å². The molecule has 8 heteroatoms. The van der Waals surface area contributed by atoms with E-state index in [0.717, 1.165) is 6.07 Å². The Morgan fingerprint density at radius 1 is 1.47 bits per heavy atom. The topological polar surface area (TPSA) is 132 Å². The van der Waals surface area contributed by atoms with Gasteiger partial charge in [0.1, 0.15) is 5.69 Å². The van der Waals surface area contributed by atoms with Crippen LogP contribution in [0.15, 0.2) is 16.9 Å². The zero-order valence-electron chi connectivity index (χ0n) is 8.71. The van der Waals surface area contributed by atoms with Crippen molar-refractivity contribution >= 4 is 11.9 Å². The van der Waals surface area contributed by atoms with E-state index in [4.69, 9.17) is 10.2 Å². The Morgan fingerprint density at radius 3 is 2.71 bits per heavy atom. The Kier molecular flexibility index (Phi) is 4.35. The quantitative estimate of drug-likeness (QED) is 0.487. The molecule has 1 atom stereocenters. The number of aliphatic hydroxyl groups excluding tert-OH is 1. The standard InChI is InChI=1S/C9H11N3O5/c13-6(9(16)17)3-4-10-8(15)5-1-2-7(14)12-11-5/h1-2,6,13H,3-4H2,(H,10,15)(H,12,14)(H,16,17)/t6-/m0/s1. The SMILES string of the molecule is O=C(NCC[C@H](O)C(=O)O)c1ccc(=O)[nH]n1. The van der Waals surface area contributed by atoms with Crippen molar-refractivity contribution in [2.24, 2.45) is 0 Å². The van der Waals surface area contributed by atoms with Gasteiger partial charge in [-0.25, -0.2) is 9.89 Å². The van der Waals surface area contributed by atoms with Crippen LogP contribution in [0.5, 0.6) is 0 Å². The monoisotopic (exact) mass is 241 g/mol. The van der Waals surface area contributed by atoms with Crippen molar-refractivity contribution in [2.45, 2.75) is 12.5 Å². The lowest BCUT2D eigenvalue weighted by Gasteiger charge is -2.06. The number of aliphatic carboxylic acids is 1. The number of nitrogens with one attached hydrogen (secondary N) is 2. The number of carbonyl (C=O) groups excluding carboxylic acids is 1. The highest BCUT2D eigenvalue weighted by Gasteiger charge is 2.13. The van der Waals surface area contributed by atoms with E-state index in [1.54, 1.807) is 0 Å². The number of aromatic nitrogens is 2. The Morgan fingerprint density at radius 2 is 2.18 bits per heavy atom. The lowest BCUT2D eigenvalue weighted by Crippen LogP contribution is -2.31.